The Hall–Kier alpha value is -2.93. The topological polar surface area (TPSA) is 75.4 Å². The van der Waals surface area contributed by atoms with Gasteiger partial charge in [-0.15, -0.1) is 11.3 Å². The Labute approximate surface area is 167 Å². The first-order valence-electron chi connectivity index (χ1n) is 9.24. The molecular weight excluding hydrogens is 374 g/mol. The fourth-order valence-corrected chi connectivity index (χ4v) is 4.04. The zero-order valence-electron chi connectivity index (χ0n) is 15.6. The van der Waals surface area contributed by atoms with E-state index in [1.807, 2.05) is 53.6 Å². The minimum absolute atomic E-state index is 0.123. The normalized spacial score (nSPS) is 13.9. The number of benzene rings is 1. The van der Waals surface area contributed by atoms with Crippen molar-refractivity contribution < 1.29 is 14.0 Å². The third-order valence-corrected chi connectivity index (χ3v) is 5.51. The first-order valence-corrected chi connectivity index (χ1v) is 10.1. The summed E-state index contributed by atoms with van der Waals surface area (Å²) in [6.45, 7) is 3.27. The lowest BCUT2D eigenvalue weighted by molar-refractivity contribution is -0.128. The van der Waals surface area contributed by atoms with E-state index in [4.69, 9.17) is 4.42 Å². The Bertz CT molecular complexity index is 1010. The SMILES string of the molecule is Cc1ccc(-c2nc(CC(=O)Nc3cccc(CN4CCCC4=O)c3)cs2)o1. The first-order chi connectivity index (χ1) is 13.6. The van der Waals surface area contributed by atoms with Crippen LogP contribution in [0.25, 0.3) is 10.8 Å². The standard InChI is InChI=1S/C21H21N3O3S/c1-14-7-8-18(27-14)21-23-17(13-28-21)11-19(25)22-16-5-2-4-15(10-16)12-24-9-3-6-20(24)26/h2,4-5,7-8,10,13H,3,6,9,11-12H2,1H3,(H,22,25). The fraction of sp³-hybridized carbons (Fsp3) is 0.286. The molecule has 144 valence electrons. The summed E-state index contributed by atoms with van der Waals surface area (Å²) in [7, 11) is 0. The van der Waals surface area contributed by atoms with Crippen molar-refractivity contribution in [2.75, 3.05) is 11.9 Å². The number of likely N-dealkylation sites (tertiary alicyclic amines) is 1. The molecule has 7 heteroatoms. The van der Waals surface area contributed by atoms with Gasteiger partial charge in [0.15, 0.2) is 10.8 Å². The van der Waals surface area contributed by atoms with Crippen LogP contribution in [0.1, 0.15) is 29.9 Å². The van der Waals surface area contributed by atoms with E-state index in [1.165, 1.54) is 11.3 Å². The predicted octanol–water partition coefficient (Wildman–Crippen LogP) is 4.02. The van der Waals surface area contributed by atoms with Gasteiger partial charge in [0.05, 0.1) is 12.1 Å². The maximum absolute atomic E-state index is 12.4. The van der Waals surface area contributed by atoms with E-state index in [2.05, 4.69) is 10.3 Å². The van der Waals surface area contributed by atoms with E-state index < -0.39 is 0 Å². The summed E-state index contributed by atoms with van der Waals surface area (Å²) in [6.07, 6.45) is 1.75. The second-order valence-corrected chi connectivity index (χ2v) is 7.76. The van der Waals surface area contributed by atoms with E-state index in [1.54, 1.807) is 0 Å². The number of carbonyl (C=O) groups excluding carboxylic acids is 2. The molecule has 0 radical (unpaired) electrons. The molecule has 0 bridgehead atoms. The summed E-state index contributed by atoms with van der Waals surface area (Å²) in [4.78, 5) is 30.5. The zero-order valence-corrected chi connectivity index (χ0v) is 16.4. The lowest BCUT2D eigenvalue weighted by Gasteiger charge is -2.16. The smallest absolute Gasteiger partial charge is 0.230 e. The van der Waals surface area contributed by atoms with Crippen LogP contribution in [0.3, 0.4) is 0 Å². The third-order valence-electron chi connectivity index (χ3n) is 4.60. The van der Waals surface area contributed by atoms with E-state index in [0.717, 1.165) is 40.7 Å². The predicted molar refractivity (Wildman–Crippen MR) is 108 cm³/mol. The number of hydrogen-bond donors (Lipinski definition) is 1. The Morgan fingerprint density at radius 3 is 2.96 bits per heavy atom. The van der Waals surface area contributed by atoms with Crippen molar-refractivity contribution in [2.45, 2.75) is 32.7 Å². The van der Waals surface area contributed by atoms with Crippen molar-refractivity contribution >= 4 is 28.8 Å². The molecule has 3 heterocycles. The molecule has 2 amide bonds. The van der Waals surface area contributed by atoms with Crippen LogP contribution >= 0.6 is 11.3 Å². The molecule has 4 rings (SSSR count). The molecule has 1 N–H and O–H groups in total. The second kappa shape index (κ2) is 7.98. The molecular formula is C21H21N3O3S. The Kier molecular flexibility index (Phi) is 5.25. The van der Waals surface area contributed by atoms with Crippen molar-refractivity contribution in [2.24, 2.45) is 0 Å². The number of aryl methyl sites for hydroxylation is 1. The van der Waals surface area contributed by atoms with Crippen molar-refractivity contribution in [1.82, 2.24) is 9.88 Å². The van der Waals surface area contributed by atoms with Crippen LogP contribution in [0.5, 0.6) is 0 Å². The summed E-state index contributed by atoms with van der Waals surface area (Å²) in [6, 6.07) is 11.4. The van der Waals surface area contributed by atoms with Crippen LogP contribution in [0, 0.1) is 6.92 Å². The number of rotatable bonds is 6. The van der Waals surface area contributed by atoms with Gasteiger partial charge in [0.1, 0.15) is 5.76 Å². The van der Waals surface area contributed by atoms with E-state index >= 15 is 0 Å². The quantitative estimate of drug-likeness (QED) is 0.684. The van der Waals surface area contributed by atoms with E-state index in [-0.39, 0.29) is 18.2 Å². The average Bonchev–Trinajstić information content (AvgIpc) is 3.38. The Balaban J connectivity index is 1.37. The lowest BCUT2D eigenvalue weighted by atomic mass is 10.2. The van der Waals surface area contributed by atoms with Gasteiger partial charge >= 0.3 is 0 Å². The molecule has 2 aromatic heterocycles. The van der Waals surface area contributed by atoms with Gasteiger partial charge in [0.25, 0.3) is 0 Å². The molecule has 0 saturated carbocycles. The van der Waals surface area contributed by atoms with Gasteiger partial charge in [-0.05, 0) is 43.2 Å². The molecule has 0 atom stereocenters. The highest BCUT2D eigenvalue weighted by atomic mass is 32.1. The molecule has 1 aliphatic heterocycles. The molecule has 0 spiro atoms. The largest absolute Gasteiger partial charge is 0.459 e. The van der Waals surface area contributed by atoms with Crippen molar-refractivity contribution in [3.05, 3.63) is 58.8 Å². The molecule has 28 heavy (non-hydrogen) atoms. The fourth-order valence-electron chi connectivity index (χ4n) is 3.26. The van der Waals surface area contributed by atoms with Crippen LogP contribution in [0.15, 0.2) is 46.2 Å². The zero-order chi connectivity index (χ0) is 19.5. The summed E-state index contributed by atoms with van der Waals surface area (Å²) in [5, 5.41) is 5.57. The van der Waals surface area contributed by atoms with E-state index in [9.17, 15) is 9.59 Å². The summed E-state index contributed by atoms with van der Waals surface area (Å²) >= 11 is 1.46. The minimum Gasteiger partial charge on any atom is -0.459 e. The van der Waals surface area contributed by atoms with Gasteiger partial charge in [-0.1, -0.05) is 12.1 Å². The van der Waals surface area contributed by atoms with Crippen molar-refractivity contribution in [3.8, 4) is 10.8 Å². The molecule has 1 fully saturated rings. The maximum atomic E-state index is 12.4. The van der Waals surface area contributed by atoms with Gasteiger partial charge in [-0.3, -0.25) is 9.59 Å². The molecule has 0 unspecified atom stereocenters. The minimum atomic E-state index is -0.123. The number of hydrogen-bond acceptors (Lipinski definition) is 5. The number of amides is 2. The monoisotopic (exact) mass is 395 g/mol. The number of thiazole rings is 1. The number of carbonyl (C=O) groups is 2. The maximum Gasteiger partial charge on any atom is 0.230 e. The van der Waals surface area contributed by atoms with Crippen LogP contribution in [-0.2, 0) is 22.6 Å². The summed E-state index contributed by atoms with van der Waals surface area (Å²) in [5.74, 6) is 1.63. The highest BCUT2D eigenvalue weighted by molar-refractivity contribution is 7.13. The number of aromatic nitrogens is 1. The van der Waals surface area contributed by atoms with Gasteiger partial charge in [-0.2, -0.15) is 0 Å². The van der Waals surface area contributed by atoms with Gasteiger partial charge in [0, 0.05) is 30.6 Å². The average molecular weight is 395 g/mol. The Morgan fingerprint density at radius 1 is 1.32 bits per heavy atom. The summed E-state index contributed by atoms with van der Waals surface area (Å²) < 4.78 is 5.58. The second-order valence-electron chi connectivity index (χ2n) is 6.90. The molecule has 1 aromatic carbocycles. The van der Waals surface area contributed by atoms with Crippen LogP contribution in [-0.4, -0.2) is 28.2 Å². The first kappa shape index (κ1) is 18.4. The summed E-state index contributed by atoms with van der Waals surface area (Å²) in [5.41, 5.74) is 2.45. The highest BCUT2D eigenvalue weighted by Gasteiger charge is 2.20. The van der Waals surface area contributed by atoms with Gasteiger partial charge in [-0.25, -0.2) is 4.98 Å². The Morgan fingerprint density at radius 2 is 2.21 bits per heavy atom. The highest BCUT2D eigenvalue weighted by Crippen LogP contribution is 2.26. The molecule has 6 nitrogen and oxygen atoms in total. The number of anilines is 1. The van der Waals surface area contributed by atoms with E-state index in [0.29, 0.717) is 18.7 Å². The van der Waals surface area contributed by atoms with Crippen LogP contribution < -0.4 is 5.32 Å². The molecule has 1 saturated heterocycles. The molecule has 0 aliphatic carbocycles. The van der Waals surface area contributed by atoms with Gasteiger partial charge < -0.3 is 14.6 Å². The molecule has 3 aromatic rings. The number of nitrogens with zero attached hydrogens (tertiary/aromatic N) is 2. The van der Waals surface area contributed by atoms with Crippen LogP contribution in [0.2, 0.25) is 0 Å². The third kappa shape index (κ3) is 4.31. The van der Waals surface area contributed by atoms with Crippen molar-refractivity contribution in [1.29, 1.82) is 0 Å². The van der Waals surface area contributed by atoms with Crippen LogP contribution in [0.4, 0.5) is 5.69 Å². The number of furan rings is 1. The van der Waals surface area contributed by atoms with Crippen molar-refractivity contribution in [3.63, 3.8) is 0 Å². The molecule has 1 aliphatic rings. The van der Waals surface area contributed by atoms with Gasteiger partial charge in [0.2, 0.25) is 11.8 Å². The lowest BCUT2D eigenvalue weighted by Crippen LogP contribution is -2.23. The number of nitrogens with one attached hydrogen (secondary N) is 1.